The Hall–Kier alpha value is -0.540. The maximum Gasteiger partial charge on any atom is 0.121 e. The van der Waals surface area contributed by atoms with Crippen molar-refractivity contribution in [1.82, 2.24) is 0 Å². The summed E-state index contributed by atoms with van der Waals surface area (Å²) in [5.41, 5.74) is 1.23. The molecule has 1 aromatic carbocycles. The van der Waals surface area contributed by atoms with E-state index in [4.69, 9.17) is 12.2 Å². The van der Waals surface area contributed by atoms with E-state index in [0.717, 1.165) is 16.5 Å². The molecule has 0 aromatic heterocycles. The molecule has 1 aliphatic rings. The van der Waals surface area contributed by atoms with Crippen LogP contribution < -0.4 is 0 Å². The van der Waals surface area contributed by atoms with Crippen LogP contribution in [0.3, 0.4) is 0 Å². The van der Waals surface area contributed by atoms with Crippen molar-refractivity contribution in [2.24, 2.45) is 4.99 Å². The second-order valence-corrected chi connectivity index (χ2v) is 5.63. The van der Waals surface area contributed by atoms with Gasteiger partial charge in [-0.1, -0.05) is 30.3 Å². The second kappa shape index (κ2) is 6.26. The zero-order chi connectivity index (χ0) is 11.2. The van der Waals surface area contributed by atoms with E-state index in [-0.39, 0.29) is 0 Å². The molecule has 0 saturated heterocycles. The highest BCUT2D eigenvalue weighted by atomic mass is 32.2. The summed E-state index contributed by atoms with van der Waals surface area (Å²) in [5.74, 6) is 2.26. The molecule has 0 N–H and O–H groups in total. The minimum Gasteiger partial charge on any atom is -0.186 e. The lowest BCUT2D eigenvalue weighted by Gasteiger charge is -2.06. The van der Waals surface area contributed by atoms with Crippen LogP contribution in [0.4, 0.5) is 0 Å². The van der Waals surface area contributed by atoms with E-state index in [9.17, 15) is 0 Å². The van der Waals surface area contributed by atoms with Crippen LogP contribution in [-0.4, -0.2) is 16.7 Å². The van der Waals surface area contributed by atoms with Crippen molar-refractivity contribution in [2.45, 2.75) is 6.42 Å². The standard InChI is InChI=1S/C12H11NS3/c14-9-13-12-11(15-7-4-8-16-12)10-5-2-1-3-6-10/h1-3,5-6H,4,7-8H2. The number of hydrogen-bond donors (Lipinski definition) is 0. The third kappa shape index (κ3) is 2.98. The van der Waals surface area contributed by atoms with E-state index in [2.05, 4.69) is 34.4 Å². The highest BCUT2D eigenvalue weighted by Crippen LogP contribution is 2.39. The van der Waals surface area contributed by atoms with Gasteiger partial charge in [-0.3, -0.25) is 0 Å². The van der Waals surface area contributed by atoms with Gasteiger partial charge in [-0.15, -0.1) is 23.5 Å². The van der Waals surface area contributed by atoms with Gasteiger partial charge >= 0.3 is 0 Å². The highest BCUT2D eigenvalue weighted by Gasteiger charge is 2.13. The Morgan fingerprint density at radius 2 is 1.88 bits per heavy atom. The van der Waals surface area contributed by atoms with E-state index in [1.807, 2.05) is 17.8 Å². The zero-order valence-electron chi connectivity index (χ0n) is 8.68. The van der Waals surface area contributed by atoms with E-state index < -0.39 is 0 Å². The van der Waals surface area contributed by atoms with Gasteiger partial charge in [-0.2, -0.15) is 4.99 Å². The van der Waals surface area contributed by atoms with Gasteiger partial charge in [0.2, 0.25) is 0 Å². The first-order valence-corrected chi connectivity index (χ1v) is 7.43. The van der Waals surface area contributed by atoms with Crippen LogP contribution in [0, 0.1) is 0 Å². The van der Waals surface area contributed by atoms with E-state index >= 15 is 0 Å². The highest BCUT2D eigenvalue weighted by molar-refractivity contribution is 8.11. The smallest absolute Gasteiger partial charge is 0.121 e. The average molecular weight is 265 g/mol. The Balaban J connectivity index is 2.42. The predicted octanol–water partition coefficient (Wildman–Crippen LogP) is 4.29. The first-order chi connectivity index (χ1) is 7.92. The van der Waals surface area contributed by atoms with Crippen LogP contribution in [0.15, 0.2) is 40.4 Å². The maximum absolute atomic E-state index is 4.71. The molecule has 82 valence electrons. The molecule has 1 aliphatic heterocycles. The number of isothiocyanates is 1. The monoisotopic (exact) mass is 265 g/mol. The summed E-state index contributed by atoms with van der Waals surface area (Å²) >= 11 is 8.34. The van der Waals surface area contributed by atoms with Crippen molar-refractivity contribution < 1.29 is 0 Å². The number of thioether (sulfide) groups is 2. The first-order valence-electron chi connectivity index (χ1n) is 5.05. The van der Waals surface area contributed by atoms with Crippen LogP contribution >= 0.6 is 35.7 Å². The van der Waals surface area contributed by atoms with Crippen LogP contribution in [-0.2, 0) is 0 Å². The molecule has 0 aliphatic carbocycles. The molecule has 0 unspecified atom stereocenters. The summed E-state index contributed by atoms with van der Waals surface area (Å²) in [7, 11) is 0. The zero-order valence-corrected chi connectivity index (χ0v) is 11.1. The largest absolute Gasteiger partial charge is 0.186 e. The van der Waals surface area contributed by atoms with E-state index in [0.29, 0.717) is 0 Å². The normalized spacial score (nSPS) is 16.5. The molecule has 1 nitrogen and oxygen atoms in total. The van der Waals surface area contributed by atoms with Gasteiger partial charge in [0, 0.05) is 10.7 Å². The van der Waals surface area contributed by atoms with Gasteiger partial charge in [-0.05, 0) is 30.0 Å². The summed E-state index contributed by atoms with van der Waals surface area (Å²) < 4.78 is 0. The summed E-state index contributed by atoms with van der Waals surface area (Å²) in [4.78, 5) is 5.42. The quantitative estimate of drug-likeness (QED) is 0.585. The van der Waals surface area contributed by atoms with E-state index in [1.54, 1.807) is 11.8 Å². The van der Waals surface area contributed by atoms with Gasteiger partial charge in [0.15, 0.2) is 0 Å². The molecule has 4 heteroatoms. The third-order valence-electron chi connectivity index (χ3n) is 2.15. The molecule has 1 heterocycles. The van der Waals surface area contributed by atoms with Gasteiger partial charge in [0.1, 0.15) is 5.03 Å². The van der Waals surface area contributed by atoms with Gasteiger partial charge in [-0.25, -0.2) is 0 Å². The predicted molar refractivity (Wildman–Crippen MR) is 77.9 cm³/mol. The summed E-state index contributed by atoms with van der Waals surface area (Å²) in [5, 5.41) is 3.50. The Kier molecular flexibility index (Phi) is 4.67. The maximum atomic E-state index is 4.71. The number of aliphatic imine (C=N–C) groups is 1. The summed E-state index contributed by atoms with van der Waals surface area (Å²) in [6.45, 7) is 0. The molecule has 0 bridgehead atoms. The van der Waals surface area contributed by atoms with Gasteiger partial charge < -0.3 is 0 Å². The molecule has 0 spiro atoms. The first kappa shape index (κ1) is 11.9. The Morgan fingerprint density at radius 3 is 2.62 bits per heavy atom. The lowest BCUT2D eigenvalue weighted by molar-refractivity contribution is 1.13. The van der Waals surface area contributed by atoms with Crippen LogP contribution in [0.25, 0.3) is 4.91 Å². The molecular formula is C12H11NS3. The minimum atomic E-state index is 1.02. The number of thiocarbonyl (C=S) groups is 1. The van der Waals surface area contributed by atoms with Crippen LogP contribution in [0.2, 0.25) is 0 Å². The average Bonchev–Trinajstić information content (AvgIpc) is 2.56. The fourth-order valence-corrected chi connectivity index (χ4v) is 3.94. The number of nitrogens with zero attached hydrogens (tertiary/aromatic N) is 1. The number of hydrogen-bond acceptors (Lipinski definition) is 4. The molecule has 2 rings (SSSR count). The molecular weight excluding hydrogens is 254 g/mol. The van der Waals surface area contributed by atoms with Crippen molar-refractivity contribution in [3.8, 4) is 0 Å². The molecule has 0 radical (unpaired) electrons. The second-order valence-electron chi connectivity index (χ2n) is 3.25. The van der Waals surface area contributed by atoms with Crippen LogP contribution in [0.5, 0.6) is 0 Å². The summed E-state index contributed by atoms with van der Waals surface area (Å²) in [6, 6.07) is 10.4. The van der Waals surface area contributed by atoms with Crippen molar-refractivity contribution >= 4 is 45.8 Å². The number of rotatable bonds is 2. The van der Waals surface area contributed by atoms with Crippen molar-refractivity contribution in [3.63, 3.8) is 0 Å². The lowest BCUT2D eigenvalue weighted by atomic mass is 10.2. The van der Waals surface area contributed by atoms with Gasteiger partial charge in [0.25, 0.3) is 0 Å². The van der Waals surface area contributed by atoms with E-state index in [1.165, 1.54) is 16.9 Å². The molecule has 16 heavy (non-hydrogen) atoms. The van der Waals surface area contributed by atoms with Crippen molar-refractivity contribution in [2.75, 3.05) is 11.5 Å². The molecule has 1 aromatic rings. The minimum absolute atomic E-state index is 1.02. The molecule has 0 atom stereocenters. The van der Waals surface area contributed by atoms with Crippen molar-refractivity contribution in [1.29, 1.82) is 0 Å². The Morgan fingerprint density at radius 1 is 1.12 bits per heavy atom. The fourth-order valence-electron chi connectivity index (χ4n) is 1.45. The van der Waals surface area contributed by atoms with Gasteiger partial charge in [0.05, 0.1) is 5.16 Å². The lowest BCUT2D eigenvalue weighted by Crippen LogP contribution is -1.83. The molecule has 0 saturated carbocycles. The fraction of sp³-hybridized carbons (Fsp3) is 0.250. The Labute approximate surface area is 109 Å². The molecule has 0 fully saturated rings. The summed E-state index contributed by atoms with van der Waals surface area (Å²) in [6.07, 6.45) is 1.21. The Bertz CT molecular complexity index is 433. The SMILES string of the molecule is S=C=NC1=C(c2ccccc2)SCCCS1. The van der Waals surface area contributed by atoms with Crippen LogP contribution in [0.1, 0.15) is 12.0 Å². The van der Waals surface area contributed by atoms with Crippen molar-refractivity contribution in [3.05, 3.63) is 40.9 Å². The topological polar surface area (TPSA) is 12.4 Å². The number of benzene rings is 1. The molecule has 0 amide bonds. The third-order valence-corrected chi connectivity index (χ3v) is 4.64.